The van der Waals surface area contributed by atoms with Crippen molar-refractivity contribution in [1.82, 2.24) is 9.97 Å². The second kappa shape index (κ2) is 13.8. The number of hydrogen-bond donors (Lipinski definition) is 0. The van der Waals surface area contributed by atoms with Crippen LogP contribution < -0.4 is 0 Å². The number of pyridine rings is 2. The monoisotopic (exact) mass is 683 g/mol. The fourth-order valence-electron chi connectivity index (χ4n) is 4.31. The van der Waals surface area contributed by atoms with Gasteiger partial charge in [-0.3, -0.25) is 4.98 Å². The Morgan fingerprint density at radius 1 is 0.895 bits per heavy atom. The van der Waals surface area contributed by atoms with Crippen LogP contribution in [-0.2, 0) is 20.1 Å². The van der Waals surface area contributed by atoms with E-state index in [0.717, 1.165) is 23.4 Å². The van der Waals surface area contributed by atoms with Gasteiger partial charge in [0.05, 0.1) is 11.0 Å². The molecule has 6 aromatic rings. The van der Waals surface area contributed by atoms with Crippen LogP contribution in [0.4, 0.5) is 0 Å². The number of furan rings is 1. The van der Waals surface area contributed by atoms with Crippen molar-refractivity contribution in [3.05, 3.63) is 133 Å². The summed E-state index contributed by atoms with van der Waals surface area (Å²) in [6.07, 6.45) is 8.21. The quantitative estimate of drug-likeness (QED) is 0.171. The van der Waals surface area contributed by atoms with Gasteiger partial charge in [0.1, 0.15) is 5.58 Å². The summed E-state index contributed by atoms with van der Waals surface area (Å²) < 4.78 is 64.3. The number of hydrogen-bond acceptors (Lipinski definition) is 3. The standard InChI is InChI=1S/C17H18N.C12H7O.C5H5N.Ir/c1-13-6-11-17(18-12-13)16-9-7-15(8-10-16)14-4-2-3-5-14;1-3-7-11-9(5-1)10-6-2-4-8-12(10)13-11;1-2-4-6-5-3-1;/h6-9,11-12,14H,2-5H2,1H3;1-3,5-8H;1-5H;/q2*-1;;/i;1D,3D,5D,7D;1D,2D,3D,4D;. The van der Waals surface area contributed by atoms with Gasteiger partial charge in [-0.05, 0) is 36.3 Å². The Kier molecular flexibility index (Phi) is 6.77. The first-order valence-electron chi connectivity index (χ1n) is 16.2. The third-order valence-corrected chi connectivity index (χ3v) is 6.20. The molecule has 4 heteroatoms. The maximum atomic E-state index is 7.86. The van der Waals surface area contributed by atoms with Gasteiger partial charge in [0, 0.05) is 49.6 Å². The van der Waals surface area contributed by atoms with Crippen molar-refractivity contribution < 1.29 is 35.5 Å². The number of benzene rings is 3. The minimum Gasteiger partial charge on any atom is -0.516 e. The molecule has 3 aromatic heterocycles. The molecule has 1 aliphatic rings. The van der Waals surface area contributed by atoms with Crippen LogP contribution in [0.3, 0.4) is 0 Å². The average Bonchev–Trinajstić information content (AvgIpc) is 3.74. The maximum absolute atomic E-state index is 7.86. The summed E-state index contributed by atoms with van der Waals surface area (Å²) in [7, 11) is 0. The fraction of sp³-hybridized carbons (Fsp3) is 0.176. The summed E-state index contributed by atoms with van der Waals surface area (Å²) in [4.78, 5) is 7.86. The molecule has 3 heterocycles. The molecule has 7 rings (SSSR count). The van der Waals surface area contributed by atoms with E-state index in [1.165, 1.54) is 36.8 Å². The fourth-order valence-corrected chi connectivity index (χ4v) is 4.31. The zero-order valence-electron chi connectivity index (χ0n) is 28.8. The summed E-state index contributed by atoms with van der Waals surface area (Å²) >= 11 is 0. The number of aryl methyl sites for hydroxylation is 1. The van der Waals surface area contributed by atoms with E-state index >= 15 is 0 Å². The molecule has 0 spiro atoms. The Morgan fingerprint density at radius 2 is 1.76 bits per heavy atom. The molecular weight excluding hydrogens is 645 g/mol. The smallest absolute Gasteiger partial charge is 0.116 e. The molecule has 3 nitrogen and oxygen atoms in total. The van der Waals surface area contributed by atoms with Crippen molar-refractivity contribution in [2.75, 3.05) is 0 Å². The summed E-state index contributed by atoms with van der Waals surface area (Å²) in [6.45, 7) is 2.06. The first kappa shape index (κ1) is 18.6. The van der Waals surface area contributed by atoms with Crippen LogP contribution >= 0.6 is 0 Å². The molecule has 38 heavy (non-hydrogen) atoms. The molecule has 0 amide bonds. The minimum atomic E-state index is -0.285. The van der Waals surface area contributed by atoms with Gasteiger partial charge in [-0.2, -0.15) is 18.2 Å². The molecule has 0 bridgehead atoms. The Morgan fingerprint density at radius 3 is 2.53 bits per heavy atom. The van der Waals surface area contributed by atoms with E-state index in [1.54, 1.807) is 18.2 Å². The summed E-state index contributed by atoms with van der Waals surface area (Å²) in [5.74, 6) is 0.765. The Labute approximate surface area is 249 Å². The average molecular weight is 683 g/mol. The molecule has 1 saturated carbocycles. The van der Waals surface area contributed by atoms with Gasteiger partial charge in [0.25, 0.3) is 0 Å². The van der Waals surface area contributed by atoms with Crippen LogP contribution in [0.25, 0.3) is 33.2 Å². The van der Waals surface area contributed by atoms with E-state index in [4.69, 9.17) is 15.4 Å². The summed E-state index contributed by atoms with van der Waals surface area (Å²) in [5.41, 5.74) is 5.47. The van der Waals surface area contributed by atoms with Crippen LogP contribution in [0.15, 0.2) is 114 Å². The van der Waals surface area contributed by atoms with Crippen molar-refractivity contribution >= 4 is 21.9 Å². The third kappa shape index (κ3) is 7.04. The zero-order valence-corrected chi connectivity index (χ0v) is 23.2. The van der Waals surface area contributed by atoms with Gasteiger partial charge in [0.2, 0.25) is 0 Å². The molecule has 1 aliphatic carbocycles. The van der Waals surface area contributed by atoms with Crippen molar-refractivity contribution in [3.63, 3.8) is 0 Å². The molecule has 0 saturated heterocycles. The first-order chi connectivity index (χ1) is 21.6. The number of nitrogens with zero attached hydrogens (tertiary/aromatic N) is 2. The number of fused-ring (bicyclic) bond motifs is 3. The molecule has 0 unspecified atom stereocenters. The van der Waals surface area contributed by atoms with E-state index in [2.05, 4.69) is 59.4 Å². The number of rotatable bonds is 2. The Bertz CT molecular complexity index is 1930. The predicted octanol–water partition coefficient (Wildman–Crippen LogP) is 8.98. The molecule has 0 aliphatic heterocycles. The molecule has 0 atom stereocenters. The molecule has 1 fully saturated rings. The second-order valence-corrected chi connectivity index (χ2v) is 8.73. The largest absolute Gasteiger partial charge is 0.516 e. The third-order valence-electron chi connectivity index (χ3n) is 6.20. The van der Waals surface area contributed by atoms with E-state index < -0.39 is 0 Å². The van der Waals surface area contributed by atoms with Gasteiger partial charge in [-0.15, -0.1) is 41.5 Å². The maximum Gasteiger partial charge on any atom is 0.116 e. The van der Waals surface area contributed by atoms with Crippen LogP contribution in [0, 0.1) is 19.1 Å². The Balaban J connectivity index is 0.000000161. The number of para-hydroxylation sites is 1. The van der Waals surface area contributed by atoms with E-state index in [0.29, 0.717) is 16.4 Å². The van der Waals surface area contributed by atoms with E-state index in [-0.39, 0.29) is 74.2 Å². The molecule has 0 N–H and O–H groups in total. The van der Waals surface area contributed by atoms with Crippen molar-refractivity contribution in [2.24, 2.45) is 0 Å². The molecular formula is C34H30IrN2O-2. The van der Waals surface area contributed by atoms with Crippen LogP contribution in [0.1, 0.15) is 53.7 Å². The second-order valence-electron chi connectivity index (χ2n) is 8.73. The zero-order chi connectivity index (χ0) is 32.2. The SMILES string of the molecule is Cc1ccc(-c2[c-]cc(C3CCCC3)cc2)nc1.[2H]c1c([2H])c([2H])c2c(oc3c[c-]ccc32)c1[2H].[2H]c1cnc([2H])c([2H])c1[2H].[Ir]. The normalized spacial score (nSPS) is 15.6. The van der Waals surface area contributed by atoms with Gasteiger partial charge in [-0.25, -0.2) is 0 Å². The van der Waals surface area contributed by atoms with Crippen LogP contribution in [0.5, 0.6) is 0 Å². The van der Waals surface area contributed by atoms with Gasteiger partial charge in [-0.1, -0.05) is 73.3 Å². The summed E-state index contributed by atoms with van der Waals surface area (Å²) in [5, 5.41) is 1.12. The van der Waals surface area contributed by atoms with Gasteiger partial charge < -0.3 is 9.40 Å². The number of aromatic nitrogens is 2. The van der Waals surface area contributed by atoms with E-state index in [1.807, 2.05) is 6.20 Å². The first-order valence-corrected chi connectivity index (χ1v) is 12.2. The van der Waals surface area contributed by atoms with Crippen LogP contribution in [0.2, 0.25) is 0 Å². The van der Waals surface area contributed by atoms with E-state index in [9.17, 15) is 0 Å². The summed E-state index contributed by atoms with van der Waals surface area (Å²) in [6, 6.07) is 20.7. The van der Waals surface area contributed by atoms with Crippen molar-refractivity contribution in [1.29, 1.82) is 0 Å². The van der Waals surface area contributed by atoms with Gasteiger partial charge in [0.15, 0.2) is 0 Å². The van der Waals surface area contributed by atoms with Gasteiger partial charge >= 0.3 is 0 Å². The molecule has 193 valence electrons. The molecule has 3 aromatic carbocycles. The molecule has 1 radical (unpaired) electrons. The predicted molar refractivity (Wildman–Crippen MR) is 151 cm³/mol. The van der Waals surface area contributed by atoms with Crippen molar-refractivity contribution in [3.8, 4) is 11.3 Å². The minimum absolute atomic E-state index is 0. The topological polar surface area (TPSA) is 38.9 Å². The van der Waals surface area contributed by atoms with Crippen molar-refractivity contribution in [2.45, 2.75) is 38.5 Å². The Hall–Kier alpha value is -3.59. The van der Waals surface area contributed by atoms with Crippen LogP contribution in [-0.4, -0.2) is 9.97 Å².